The summed E-state index contributed by atoms with van der Waals surface area (Å²) in [5.74, 6) is -0.795. The van der Waals surface area contributed by atoms with E-state index in [1.54, 1.807) is 23.1 Å². The minimum atomic E-state index is -0.349. The Morgan fingerprint density at radius 1 is 0.935 bits per heavy atom. The number of hydrogen-bond acceptors (Lipinski definition) is 4. The Balaban J connectivity index is 1.73. The van der Waals surface area contributed by atoms with Crippen LogP contribution in [0.3, 0.4) is 0 Å². The number of anilines is 3. The zero-order valence-electron chi connectivity index (χ0n) is 17.7. The minimum absolute atomic E-state index is 0.118. The van der Waals surface area contributed by atoms with Crippen molar-refractivity contribution in [1.29, 1.82) is 0 Å². The average Bonchev–Trinajstić information content (AvgIpc) is 2.71. The Kier molecular flexibility index (Phi) is 7.02. The molecule has 0 aromatic heterocycles. The Labute approximate surface area is 181 Å². The van der Waals surface area contributed by atoms with Gasteiger partial charge in [-0.15, -0.1) is 0 Å². The van der Waals surface area contributed by atoms with Gasteiger partial charge in [-0.1, -0.05) is 12.1 Å². The second-order valence-corrected chi connectivity index (χ2v) is 7.52. The highest BCUT2D eigenvalue weighted by molar-refractivity contribution is 6.00. The molecule has 2 aromatic rings. The molecular weight excluding hydrogens is 396 g/mol. The SMILES string of the molecule is CC(=O)Nc1cc(NC(C)=O)cc(C(=O)NCc2cccc(N3CCCCC3=O)c2)c1. The van der Waals surface area contributed by atoms with Crippen molar-refractivity contribution >= 4 is 40.7 Å². The van der Waals surface area contributed by atoms with Crippen molar-refractivity contribution in [3.8, 4) is 0 Å². The zero-order valence-corrected chi connectivity index (χ0v) is 17.7. The Hall–Kier alpha value is -3.68. The van der Waals surface area contributed by atoms with Crippen LogP contribution in [0.15, 0.2) is 42.5 Å². The van der Waals surface area contributed by atoms with E-state index in [2.05, 4.69) is 16.0 Å². The number of amides is 4. The monoisotopic (exact) mass is 422 g/mol. The molecule has 8 nitrogen and oxygen atoms in total. The standard InChI is InChI=1S/C23H26N4O4/c1-15(28)25-19-11-18(12-20(13-19)26-16(2)29)23(31)24-14-17-6-5-7-21(10-17)27-9-4-3-8-22(27)30/h5-7,10-13H,3-4,8-9,14H2,1-2H3,(H,24,31)(H,25,28)(H,26,29). The van der Waals surface area contributed by atoms with Crippen molar-refractivity contribution in [2.45, 2.75) is 39.7 Å². The molecule has 3 rings (SSSR count). The van der Waals surface area contributed by atoms with Crippen molar-refractivity contribution < 1.29 is 19.2 Å². The van der Waals surface area contributed by atoms with Crippen molar-refractivity contribution in [3.63, 3.8) is 0 Å². The third kappa shape index (κ3) is 6.15. The van der Waals surface area contributed by atoms with Gasteiger partial charge in [-0.25, -0.2) is 0 Å². The first-order valence-electron chi connectivity index (χ1n) is 10.2. The van der Waals surface area contributed by atoms with Crippen LogP contribution in [0.1, 0.15) is 49.0 Å². The molecule has 8 heteroatoms. The lowest BCUT2D eigenvalue weighted by atomic mass is 10.1. The summed E-state index contributed by atoms with van der Waals surface area (Å²) >= 11 is 0. The smallest absolute Gasteiger partial charge is 0.251 e. The van der Waals surface area contributed by atoms with Crippen LogP contribution in [0.4, 0.5) is 17.1 Å². The number of carbonyl (C=O) groups excluding carboxylic acids is 4. The summed E-state index contributed by atoms with van der Waals surface area (Å²) in [5, 5.41) is 8.11. The van der Waals surface area contributed by atoms with E-state index in [1.807, 2.05) is 24.3 Å². The summed E-state index contributed by atoms with van der Waals surface area (Å²) in [4.78, 5) is 49.5. The molecule has 0 aliphatic carbocycles. The molecule has 1 heterocycles. The van der Waals surface area contributed by atoms with Gasteiger partial charge >= 0.3 is 0 Å². The molecule has 1 saturated heterocycles. The van der Waals surface area contributed by atoms with Gasteiger partial charge in [0, 0.05) is 56.0 Å². The number of carbonyl (C=O) groups is 4. The fourth-order valence-electron chi connectivity index (χ4n) is 3.51. The number of nitrogens with zero attached hydrogens (tertiary/aromatic N) is 1. The number of piperidine rings is 1. The number of nitrogens with one attached hydrogen (secondary N) is 3. The van der Waals surface area contributed by atoms with Crippen LogP contribution in [-0.4, -0.2) is 30.2 Å². The van der Waals surface area contributed by atoms with Gasteiger partial charge in [0.25, 0.3) is 5.91 Å². The third-order valence-corrected chi connectivity index (χ3v) is 4.83. The lowest BCUT2D eigenvalue weighted by molar-refractivity contribution is -0.119. The van der Waals surface area contributed by atoms with E-state index in [-0.39, 0.29) is 30.2 Å². The Morgan fingerprint density at radius 2 is 1.61 bits per heavy atom. The molecule has 31 heavy (non-hydrogen) atoms. The van der Waals surface area contributed by atoms with Gasteiger partial charge in [-0.3, -0.25) is 19.2 Å². The Bertz CT molecular complexity index is 984. The zero-order chi connectivity index (χ0) is 22.4. The fourth-order valence-corrected chi connectivity index (χ4v) is 3.51. The second kappa shape index (κ2) is 9.88. The first kappa shape index (κ1) is 22.0. The molecule has 1 aliphatic heterocycles. The van der Waals surface area contributed by atoms with Crippen LogP contribution in [0.2, 0.25) is 0 Å². The van der Waals surface area contributed by atoms with Gasteiger partial charge in [-0.05, 0) is 48.7 Å². The molecule has 0 saturated carbocycles. The van der Waals surface area contributed by atoms with E-state index in [0.717, 1.165) is 24.1 Å². The van der Waals surface area contributed by atoms with E-state index >= 15 is 0 Å². The quantitative estimate of drug-likeness (QED) is 0.665. The molecular formula is C23H26N4O4. The summed E-state index contributed by atoms with van der Waals surface area (Å²) in [7, 11) is 0. The molecule has 3 N–H and O–H groups in total. The fraction of sp³-hybridized carbons (Fsp3) is 0.304. The summed E-state index contributed by atoms with van der Waals surface area (Å²) in [6, 6.07) is 12.2. The van der Waals surface area contributed by atoms with Crippen LogP contribution < -0.4 is 20.9 Å². The van der Waals surface area contributed by atoms with Crippen molar-refractivity contribution in [2.24, 2.45) is 0 Å². The summed E-state index contributed by atoms with van der Waals surface area (Å²) in [6.45, 7) is 3.71. The van der Waals surface area contributed by atoms with Gasteiger partial charge in [-0.2, -0.15) is 0 Å². The molecule has 2 aromatic carbocycles. The normalized spacial score (nSPS) is 13.5. The second-order valence-electron chi connectivity index (χ2n) is 7.52. The van der Waals surface area contributed by atoms with Gasteiger partial charge in [0.1, 0.15) is 0 Å². The third-order valence-electron chi connectivity index (χ3n) is 4.83. The highest BCUT2D eigenvalue weighted by Crippen LogP contribution is 2.22. The van der Waals surface area contributed by atoms with Crippen molar-refractivity contribution in [1.82, 2.24) is 5.32 Å². The van der Waals surface area contributed by atoms with E-state index in [0.29, 0.717) is 29.9 Å². The summed E-state index contributed by atoms with van der Waals surface area (Å²) in [6.07, 6.45) is 2.46. The number of rotatable bonds is 6. The molecule has 162 valence electrons. The molecule has 0 radical (unpaired) electrons. The molecule has 1 fully saturated rings. The van der Waals surface area contributed by atoms with Gasteiger partial charge < -0.3 is 20.9 Å². The largest absolute Gasteiger partial charge is 0.348 e. The lowest BCUT2D eigenvalue weighted by Crippen LogP contribution is -2.35. The van der Waals surface area contributed by atoms with E-state index in [1.165, 1.54) is 13.8 Å². The molecule has 0 atom stereocenters. The van der Waals surface area contributed by atoms with Crippen molar-refractivity contribution in [2.75, 3.05) is 22.1 Å². The lowest BCUT2D eigenvalue weighted by Gasteiger charge is -2.27. The van der Waals surface area contributed by atoms with Gasteiger partial charge in [0.15, 0.2) is 0 Å². The minimum Gasteiger partial charge on any atom is -0.348 e. The first-order valence-corrected chi connectivity index (χ1v) is 10.2. The molecule has 4 amide bonds. The van der Waals surface area contributed by atoms with Crippen molar-refractivity contribution in [3.05, 3.63) is 53.6 Å². The highest BCUT2D eigenvalue weighted by atomic mass is 16.2. The maximum atomic E-state index is 12.7. The molecule has 0 spiro atoms. The summed E-state index contributed by atoms with van der Waals surface area (Å²) < 4.78 is 0. The number of benzene rings is 2. The van der Waals surface area contributed by atoms with E-state index in [9.17, 15) is 19.2 Å². The van der Waals surface area contributed by atoms with E-state index < -0.39 is 0 Å². The Morgan fingerprint density at radius 3 is 2.23 bits per heavy atom. The van der Waals surface area contributed by atoms with Crippen LogP contribution in [0.25, 0.3) is 0 Å². The van der Waals surface area contributed by atoms with Gasteiger partial charge in [0.2, 0.25) is 17.7 Å². The van der Waals surface area contributed by atoms with Crippen LogP contribution in [0, 0.1) is 0 Å². The number of hydrogen-bond donors (Lipinski definition) is 3. The highest BCUT2D eigenvalue weighted by Gasteiger charge is 2.19. The summed E-state index contributed by atoms with van der Waals surface area (Å²) in [5.41, 5.74) is 2.82. The predicted molar refractivity (Wildman–Crippen MR) is 119 cm³/mol. The van der Waals surface area contributed by atoms with Crippen LogP contribution in [-0.2, 0) is 20.9 Å². The van der Waals surface area contributed by atoms with E-state index in [4.69, 9.17) is 0 Å². The van der Waals surface area contributed by atoms with Gasteiger partial charge in [0.05, 0.1) is 0 Å². The maximum absolute atomic E-state index is 12.7. The average molecular weight is 422 g/mol. The molecule has 0 unspecified atom stereocenters. The molecule has 1 aliphatic rings. The maximum Gasteiger partial charge on any atom is 0.251 e. The predicted octanol–water partition coefficient (Wildman–Crippen LogP) is 3.05. The topological polar surface area (TPSA) is 108 Å². The first-order chi connectivity index (χ1) is 14.8. The van der Waals surface area contributed by atoms with Crippen LogP contribution in [0.5, 0.6) is 0 Å². The molecule has 0 bridgehead atoms. The van der Waals surface area contributed by atoms with Crippen LogP contribution >= 0.6 is 0 Å².